The molecule has 1 unspecified atom stereocenters. The van der Waals surface area contributed by atoms with Crippen LogP contribution in [0.4, 0.5) is 0 Å². The maximum absolute atomic E-state index is 12.1. The van der Waals surface area contributed by atoms with Crippen molar-refractivity contribution in [2.75, 3.05) is 19.8 Å². The van der Waals surface area contributed by atoms with Crippen LogP contribution in [0.5, 0.6) is 0 Å². The lowest BCUT2D eigenvalue weighted by Crippen LogP contribution is -2.27. The van der Waals surface area contributed by atoms with Gasteiger partial charge in [0.05, 0.1) is 13.2 Å². The number of carbonyl (C=O) groups excluding carboxylic acids is 1. The maximum Gasteiger partial charge on any atom is 0.306 e. The SMILES string of the molecule is CCCCCCC/C=C\C/C=C\C/C=C\CCCCCCCCCCC(=O)OC(CO)COCCCCCCCCCCC. The Hall–Kier alpha value is -1.39. The number of rotatable bonds is 35. The number of aliphatic hydroxyl groups is 1. The molecule has 0 heterocycles. The van der Waals surface area contributed by atoms with E-state index in [4.69, 9.17) is 9.47 Å². The number of ether oxygens (including phenoxy) is 2. The molecule has 0 fully saturated rings. The highest BCUT2D eigenvalue weighted by Gasteiger charge is 2.13. The zero-order valence-electron chi connectivity index (χ0n) is 29.4. The van der Waals surface area contributed by atoms with Crippen molar-refractivity contribution in [3.8, 4) is 0 Å². The molecule has 0 aliphatic carbocycles. The molecule has 0 saturated carbocycles. The van der Waals surface area contributed by atoms with Gasteiger partial charge in [-0.15, -0.1) is 0 Å². The zero-order chi connectivity index (χ0) is 32.0. The number of hydrogen-bond acceptors (Lipinski definition) is 4. The summed E-state index contributed by atoms with van der Waals surface area (Å²) in [5.74, 6) is -0.209. The van der Waals surface area contributed by atoms with Gasteiger partial charge in [-0.05, 0) is 51.4 Å². The largest absolute Gasteiger partial charge is 0.457 e. The van der Waals surface area contributed by atoms with Gasteiger partial charge >= 0.3 is 5.97 Å². The van der Waals surface area contributed by atoms with Gasteiger partial charge in [-0.1, -0.05) is 166 Å². The van der Waals surface area contributed by atoms with E-state index in [1.807, 2.05) is 0 Å². The van der Waals surface area contributed by atoms with Crippen LogP contribution in [0.25, 0.3) is 0 Å². The molecule has 0 saturated heterocycles. The fourth-order valence-corrected chi connectivity index (χ4v) is 5.33. The summed E-state index contributed by atoms with van der Waals surface area (Å²) < 4.78 is 11.1. The van der Waals surface area contributed by atoms with Crippen molar-refractivity contribution in [2.45, 2.75) is 193 Å². The van der Waals surface area contributed by atoms with Crippen molar-refractivity contribution in [2.24, 2.45) is 0 Å². The van der Waals surface area contributed by atoms with Crippen molar-refractivity contribution in [1.82, 2.24) is 0 Å². The van der Waals surface area contributed by atoms with Crippen molar-refractivity contribution in [1.29, 1.82) is 0 Å². The zero-order valence-corrected chi connectivity index (χ0v) is 29.4. The number of unbranched alkanes of at least 4 members (excludes halogenated alkanes) is 21. The van der Waals surface area contributed by atoms with Gasteiger partial charge in [0.2, 0.25) is 0 Å². The average Bonchev–Trinajstić information content (AvgIpc) is 3.03. The second-order valence-electron chi connectivity index (χ2n) is 12.7. The molecule has 0 radical (unpaired) electrons. The predicted octanol–water partition coefficient (Wildman–Crippen LogP) is 12.1. The number of allylic oxidation sites excluding steroid dienone is 6. The van der Waals surface area contributed by atoms with Crippen LogP contribution >= 0.6 is 0 Å². The van der Waals surface area contributed by atoms with Gasteiger partial charge in [-0.3, -0.25) is 4.79 Å². The molecule has 1 atom stereocenters. The van der Waals surface area contributed by atoms with E-state index in [1.165, 1.54) is 135 Å². The van der Waals surface area contributed by atoms with Crippen LogP contribution in [0.15, 0.2) is 36.5 Å². The molecule has 0 aromatic carbocycles. The van der Waals surface area contributed by atoms with Crippen LogP contribution in [-0.4, -0.2) is 37.0 Å². The highest BCUT2D eigenvalue weighted by Crippen LogP contribution is 2.13. The molecule has 0 aromatic rings. The Labute approximate surface area is 274 Å². The standard InChI is InChI=1S/C40H74O4/c1-3-5-7-9-11-13-14-15-16-17-18-19-20-21-22-23-24-25-26-27-29-31-33-35-40(42)44-39(37-41)38-43-36-34-32-30-28-12-10-8-6-4-2/h14-15,17-18,20-21,39,41H,3-13,16,19,22-38H2,1-2H3/b15-14-,18-17-,21-20-. The summed E-state index contributed by atoms with van der Waals surface area (Å²) in [5, 5.41) is 9.53. The van der Waals surface area contributed by atoms with E-state index in [9.17, 15) is 9.90 Å². The van der Waals surface area contributed by atoms with Gasteiger partial charge in [-0.25, -0.2) is 0 Å². The van der Waals surface area contributed by atoms with Crippen LogP contribution in [-0.2, 0) is 14.3 Å². The summed E-state index contributed by atoms with van der Waals surface area (Å²) in [7, 11) is 0. The van der Waals surface area contributed by atoms with E-state index >= 15 is 0 Å². The van der Waals surface area contributed by atoms with Crippen molar-refractivity contribution in [3.63, 3.8) is 0 Å². The Balaban J connectivity index is 3.46. The van der Waals surface area contributed by atoms with Crippen LogP contribution in [0.3, 0.4) is 0 Å². The van der Waals surface area contributed by atoms with E-state index in [2.05, 4.69) is 50.3 Å². The normalized spacial score (nSPS) is 12.7. The van der Waals surface area contributed by atoms with Gasteiger partial charge in [0.15, 0.2) is 0 Å². The minimum atomic E-state index is -0.533. The van der Waals surface area contributed by atoms with E-state index in [0.29, 0.717) is 19.6 Å². The molecule has 4 nitrogen and oxygen atoms in total. The van der Waals surface area contributed by atoms with Crippen LogP contribution in [0.1, 0.15) is 187 Å². The first-order chi connectivity index (χ1) is 21.7. The molecule has 0 rings (SSSR count). The molecule has 0 spiro atoms. The van der Waals surface area contributed by atoms with E-state index in [1.54, 1.807) is 0 Å². The molecule has 258 valence electrons. The molecular weight excluding hydrogens is 544 g/mol. The van der Waals surface area contributed by atoms with Gasteiger partial charge in [0.1, 0.15) is 6.10 Å². The first kappa shape index (κ1) is 42.6. The average molecular weight is 619 g/mol. The number of esters is 1. The van der Waals surface area contributed by atoms with Crippen LogP contribution < -0.4 is 0 Å². The Morgan fingerprint density at radius 1 is 0.545 bits per heavy atom. The minimum Gasteiger partial charge on any atom is -0.457 e. The second-order valence-corrected chi connectivity index (χ2v) is 12.7. The number of carbonyl (C=O) groups is 1. The van der Waals surface area contributed by atoms with Crippen molar-refractivity contribution < 1.29 is 19.4 Å². The lowest BCUT2D eigenvalue weighted by atomic mass is 10.1. The molecule has 0 aromatic heterocycles. The Bertz CT molecular complexity index is 654. The van der Waals surface area contributed by atoms with Gasteiger partial charge in [0, 0.05) is 13.0 Å². The Kier molecular flexibility index (Phi) is 36.6. The van der Waals surface area contributed by atoms with Crippen LogP contribution in [0.2, 0.25) is 0 Å². The number of hydrogen-bond donors (Lipinski definition) is 1. The second kappa shape index (κ2) is 37.8. The summed E-state index contributed by atoms with van der Waals surface area (Å²) in [5.41, 5.74) is 0. The Morgan fingerprint density at radius 3 is 1.43 bits per heavy atom. The summed E-state index contributed by atoms with van der Waals surface area (Å²) in [6.45, 7) is 5.32. The van der Waals surface area contributed by atoms with Gasteiger partial charge in [-0.2, -0.15) is 0 Å². The first-order valence-electron chi connectivity index (χ1n) is 19.1. The molecule has 4 heteroatoms. The smallest absolute Gasteiger partial charge is 0.306 e. The van der Waals surface area contributed by atoms with Crippen LogP contribution in [0, 0.1) is 0 Å². The third-order valence-corrected chi connectivity index (χ3v) is 8.22. The lowest BCUT2D eigenvalue weighted by Gasteiger charge is -2.16. The molecule has 0 bridgehead atoms. The van der Waals surface area contributed by atoms with Gasteiger partial charge < -0.3 is 14.6 Å². The van der Waals surface area contributed by atoms with E-state index < -0.39 is 6.10 Å². The maximum atomic E-state index is 12.1. The first-order valence-corrected chi connectivity index (χ1v) is 19.1. The molecule has 0 aliphatic rings. The highest BCUT2D eigenvalue weighted by molar-refractivity contribution is 5.69. The molecule has 0 aliphatic heterocycles. The van der Waals surface area contributed by atoms with Crippen molar-refractivity contribution >= 4 is 5.97 Å². The molecular formula is C40H74O4. The van der Waals surface area contributed by atoms with Gasteiger partial charge in [0.25, 0.3) is 0 Å². The highest BCUT2D eigenvalue weighted by atomic mass is 16.6. The summed E-state index contributed by atoms with van der Waals surface area (Å²) >= 11 is 0. The fraction of sp³-hybridized carbons (Fsp3) is 0.825. The molecule has 0 amide bonds. The third kappa shape index (κ3) is 35.1. The summed E-state index contributed by atoms with van der Waals surface area (Å²) in [6.07, 6.45) is 46.2. The minimum absolute atomic E-state index is 0.173. The molecule has 44 heavy (non-hydrogen) atoms. The van der Waals surface area contributed by atoms with Crippen molar-refractivity contribution in [3.05, 3.63) is 36.5 Å². The number of aliphatic hydroxyl groups excluding tert-OH is 1. The lowest BCUT2D eigenvalue weighted by molar-refractivity contribution is -0.154. The van der Waals surface area contributed by atoms with E-state index in [0.717, 1.165) is 32.1 Å². The summed E-state index contributed by atoms with van der Waals surface area (Å²) in [6, 6.07) is 0. The predicted molar refractivity (Wildman–Crippen MR) is 191 cm³/mol. The third-order valence-electron chi connectivity index (χ3n) is 8.22. The Morgan fingerprint density at radius 2 is 0.955 bits per heavy atom. The monoisotopic (exact) mass is 619 g/mol. The van der Waals surface area contributed by atoms with E-state index in [-0.39, 0.29) is 12.6 Å². The quantitative estimate of drug-likeness (QED) is 0.0436. The summed E-state index contributed by atoms with van der Waals surface area (Å²) in [4.78, 5) is 12.1. The fourth-order valence-electron chi connectivity index (χ4n) is 5.33. The molecule has 1 N–H and O–H groups in total. The topological polar surface area (TPSA) is 55.8 Å².